The van der Waals surface area contributed by atoms with E-state index >= 15 is 0 Å². The van der Waals surface area contributed by atoms with Crippen LogP contribution in [0.2, 0.25) is 0 Å². The lowest BCUT2D eigenvalue weighted by Crippen LogP contribution is -2.07. The summed E-state index contributed by atoms with van der Waals surface area (Å²) in [6.07, 6.45) is 0. The largest absolute Gasteiger partial charge is 0.375 e. The van der Waals surface area contributed by atoms with Gasteiger partial charge in [-0.1, -0.05) is 12.1 Å². The molecule has 0 amide bonds. The first-order valence-electron chi connectivity index (χ1n) is 6.72. The van der Waals surface area contributed by atoms with Crippen molar-refractivity contribution >= 4 is 16.7 Å². The van der Waals surface area contributed by atoms with Crippen molar-refractivity contribution in [2.24, 2.45) is 14.1 Å². The molecule has 2 heterocycles. The molecule has 0 aliphatic rings. The number of benzene rings is 1. The third-order valence-corrected chi connectivity index (χ3v) is 3.81. The minimum absolute atomic E-state index is 0.693. The van der Waals surface area contributed by atoms with Gasteiger partial charge in [-0.2, -0.15) is 5.10 Å². The highest BCUT2D eigenvalue weighted by Crippen LogP contribution is 2.20. The van der Waals surface area contributed by atoms with E-state index in [-0.39, 0.29) is 0 Å². The molecule has 0 spiro atoms. The second-order valence-electron chi connectivity index (χ2n) is 5.10. The van der Waals surface area contributed by atoms with Gasteiger partial charge >= 0.3 is 0 Å². The lowest BCUT2D eigenvalue weighted by atomic mass is 10.3. The van der Waals surface area contributed by atoms with Gasteiger partial charge in [0, 0.05) is 14.1 Å². The average molecular weight is 269 g/mol. The molecule has 0 radical (unpaired) electrons. The molecule has 104 valence electrons. The summed E-state index contributed by atoms with van der Waals surface area (Å²) in [7, 11) is 4.01. The van der Waals surface area contributed by atoms with E-state index in [0.717, 1.165) is 33.9 Å². The first-order chi connectivity index (χ1) is 9.58. The Bertz CT molecular complexity index is 766. The van der Waals surface area contributed by atoms with E-state index in [1.165, 1.54) is 0 Å². The Morgan fingerprint density at radius 3 is 2.55 bits per heavy atom. The van der Waals surface area contributed by atoms with Gasteiger partial charge in [0.2, 0.25) is 0 Å². The average Bonchev–Trinajstić information content (AvgIpc) is 2.87. The minimum Gasteiger partial charge on any atom is -0.375 e. The van der Waals surface area contributed by atoms with Gasteiger partial charge < -0.3 is 9.88 Å². The van der Waals surface area contributed by atoms with E-state index in [2.05, 4.69) is 40.0 Å². The molecule has 2 aromatic heterocycles. The van der Waals surface area contributed by atoms with Crippen LogP contribution in [0, 0.1) is 13.8 Å². The fourth-order valence-corrected chi connectivity index (χ4v) is 2.55. The van der Waals surface area contributed by atoms with E-state index < -0.39 is 0 Å². The number of imidazole rings is 1. The van der Waals surface area contributed by atoms with Crippen LogP contribution in [-0.2, 0) is 20.6 Å². The van der Waals surface area contributed by atoms with Gasteiger partial charge in [-0.15, -0.1) is 0 Å². The molecule has 1 N–H and O–H groups in total. The monoisotopic (exact) mass is 269 g/mol. The molecule has 3 rings (SSSR count). The third-order valence-electron chi connectivity index (χ3n) is 3.81. The number of hydrogen-bond donors (Lipinski definition) is 1. The molecule has 5 nitrogen and oxygen atoms in total. The quantitative estimate of drug-likeness (QED) is 0.795. The highest BCUT2D eigenvalue weighted by Gasteiger charge is 2.11. The smallest absolute Gasteiger partial charge is 0.128 e. The first kappa shape index (κ1) is 12.7. The third kappa shape index (κ3) is 1.95. The molecule has 0 bridgehead atoms. The van der Waals surface area contributed by atoms with Gasteiger partial charge in [-0.3, -0.25) is 4.68 Å². The van der Waals surface area contributed by atoms with Crippen LogP contribution in [-0.4, -0.2) is 19.3 Å². The predicted octanol–water partition coefficient (Wildman–Crippen LogP) is 2.54. The summed E-state index contributed by atoms with van der Waals surface area (Å²) in [6, 6.07) is 8.18. The minimum atomic E-state index is 0.693. The molecular formula is C15H19N5. The van der Waals surface area contributed by atoms with Gasteiger partial charge in [0.05, 0.1) is 34.7 Å². The van der Waals surface area contributed by atoms with E-state index in [1.807, 2.05) is 36.9 Å². The number of para-hydroxylation sites is 2. The number of hydrogen-bond acceptors (Lipinski definition) is 3. The zero-order valence-electron chi connectivity index (χ0n) is 12.3. The summed E-state index contributed by atoms with van der Waals surface area (Å²) in [5.74, 6) is 1.02. The maximum atomic E-state index is 4.67. The number of nitrogens with zero attached hydrogens (tertiary/aromatic N) is 4. The SMILES string of the molecule is Cc1nn(C)c(C)c1NCc1nc2ccccc2n1C. The molecule has 0 unspecified atom stereocenters. The maximum absolute atomic E-state index is 4.67. The molecule has 0 aliphatic carbocycles. The van der Waals surface area contributed by atoms with E-state index in [1.54, 1.807) is 0 Å². The van der Waals surface area contributed by atoms with E-state index in [0.29, 0.717) is 6.54 Å². The molecule has 3 aromatic rings. The van der Waals surface area contributed by atoms with E-state index in [9.17, 15) is 0 Å². The summed E-state index contributed by atoms with van der Waals surface area (Å²) < 4.78 is 4.02. The lowest BCUT2D eigenvalue weighted by molar-refractivity contribution is 0.731. The Morgan fingerprint density at radius 1 is 1.15 bits per heavy atom. The Balaban J connectivity index is 1.89. The van der Waals surface area contributed by atoms with Crippen LogP contribution < -0.4 is 5.32 Å². The van der Waals surface area contributed by atoms with Crippen LogP contribution in [0.25, 0.3) is 11.0 Å². The van der Waals surface area contributed by atoms with Gasteiger partial charge in [0.15, 0.2) is 0 Å². The molecule has 0 aliphatic heterocycles. The standard InChI is InChI=1S/C15H19N5/c1-10-15(11(2)20(4)18-10)16-9-14-17-12-7-5-6-8-13(12)19(14)3/h5-8,16H,9H2,1-4H3. The number of aromatic nitrogens is 4. The highest BCUT2D eigenvalue weighted by molar-refractivity contribution is 5.75. The second kappa shape index (κ2) is 4.67. The van der Waals surface area contributed by atoms with Crippen LogP contribution in [0.15, 0.2) is 24.3 Å². The maximum Gasteiger partial charge on any atom is 0.128 e. The van der Waals surface area contributed by atoms with Gasteiger partial charge in [-0.05, 0) is 26.0 Å². The van der Waals surface area contributed by atoms with Crippen molar-refractivity contribution in [1.29, 1.82) is 0 Å². The Morgan fingerprint density at radius 2 is 1.90 bits per heavy atom. The Labute approximate surface area is 118 Å². The van der Waals surface area contributed by atoms with Gasteiger partial charge in [0.1, 0.15) is 5.82 Å². The van der Waals surface area contributed by atoms with Crippen LogP contribution >= 0.6 is 0 Å². The van der Waals surface area contributed by atoms with Crippen molar-refractivity contribution in [3.8, 4) is 0 Å². The summed E-state index contributed by atoms with van der Waals surface area (Å²) in [4.78, 5) is 4.67. The van der Waals surface area contributed by atoms with Crippen molar-refractivity contribution in [1.82, 2.24) is 19.3 Å². The van der Waals surface area contributed by atoms with Gasteiger partial charge in [-0.25, -0.2) is 4.98 Å². The van der Waals surface area contributed by atoms with Crippen molar-refractivity contribution in [3.63, 3.8) is 0 Å². The summed E-state index contributed by atoms with van der Waals surface area (Å²) >= 11 is 0. The Hall–Kier alpha value is -2.30. The summed E-state index contributed by atoms with van der Waals surface area (Å²) in [5.41, 5.74) is 5.44. The fraction of sp³-hybridized carbons (Fsp3) is 0.333. The number of rotatable bonds is 3. The van der Waals surface area contributed by atoms with Crippen LogP contribution in [0.4, 0.5) is 5.69 Å². The van der Waals surface area contributed by atoms with E-state index in [4.69, 9.17) is 0 Å². The molecule has 0 saturated heterocycles. The zero-order valence-corrected chi connectivity index (χ0v) is 12.3. The Kier molecular flexibility index (Phi) is 2.97. The number of fused-ring (bicyclic) bond motifs is 1. The molecular weight excluding hydrogens is 250 g/mol. The predicted molar refractivity (Wildman–Crippen MR) is 80.7 cm³/mol. The fourth-order valence-electron chi connectivity index (χ4n) is 2.55. The molecule has 1 aromatic carbocycles. The molecule has 0 saturated carbocycles. The van der Waals surface area contributed by atoms with Crippen molar-refractivity contribution in [2.75, 3.05) is 5.32 Å². The normalized spacial score (nSPS) is 11.2. The van der Waals surface area contributed by atoms with Crippen molar-refractivity contribution < 1.29 is 0 Å². The number of aryl methyl sites for hydroxylation is 3. The molecule has 5 heteroatoms. The molecule has 20 heavy (non-hydrogen) atoms. The van der Waals surface area contributed by atoms with Crippen LogP contribution in [0.3, 0.4) is 0 Å². The molecule has 0 fully saturated rings. The first-order valence-corrected chi connectivity index (χ1v) is 6.72. The number of nitrogens with one attached hydrogen (secondary N) is 1. The van der Waals surface area contributed by atoms with Crippen LogP contribution in [0.5, 0.6) is 0 Å². The highest BCUT2D eigenvalue weighted by atomic mass is 15.3. The second-order valence-corrected chi connectivity index (χ2v) is 5.10. The topological polar surface area (TPSA) is 47.7 Å². The number of anilines is 1. The summed E-state index contributed by atoms with van der Waals surface area (Å²) in [5, 5.41) is 7.87. The van der Waals surface area contributed by atoms with Crippen molar-refractivity contribution in [3.05, 3.63) is 41.5 Å². The van der Waals surface area contributed by atoms with Gasteiger partial charge in [0.25, 0.3) is 0 Å². The molecule has 0 atom stereocenters. The zero-order chi connectivity index (χ0) is 14.3. The van der Waals surface area contributed by atoms with Crippen LogP contribution in [0.1, 0.15) is 17.2 Å². The lowest BCUT2D eigenvalue weighted by Gasteiger charge is -2.07. The van der Waals surface area contributed by atoms with Crippen molar-refractivity contribution in [2.45, 2.75) is 20.4 Å². The summed E-state index contributed by atoms with van der Waals surface area (Å²) in [6.45, 7) is 4.78.